The first-order valence-electron chi connectivity index (χ1n) is 6.23. The van der Waals surface area contributed by atoms with Crippen molar-refractivity contribution in [3.8, 4) is 0 Å². The van der Waals surface area contributed by atoms with Gasteiger partial charge in [-0.25, -0.2) is 0 Å². The number of rotatable bonds is 10. The van der Waals surface area contributed by atoms with Crippen LogP contribution in [0.1, 0.15) is 25.7 Å². The number of carbonyl (C=O) groups is 6. The first kappa shape index (κ1) is 54.8. The average molecular weight is 689 g/mol. The SMILES string of the molecule is O=C([O-])CC(O)(CC(=O)[O-])C(=O)[O-].O=C([O-])CC(O)(CC(=O)[O-])C(=O)[O-].[Ca+2].[Ca+2].[Ca+2].[Cu].[Cu].[Cu]. The number of hydrogen-bond acceptors (Lipinski definition) is 14. The summed E-state index contributed by atoms with van der Waals surface area (Å²) in [5.41, 5.74) is -5.95. The molecule has 0 saturated heterocycles. The summed E-state index contributed by atoms with van der Waals surface area (Å²) in [6.07, 6.45) is -5.43. The fourth-order valence-corrected chi connectivity index (χ4v) is 1.37. The van der Waals surface area contributed by atoms with Crippen molar-refractivity contribution in [1.29, 1.82) is 0 Å². The molecule has 0 heterocycles. The zero-order valence-electron chi connectivity index (χ0n) is 15.6. The zero-order chi connectivity index (χ0) is 21.3. The number of carbonyl (C=O) groups excluding carboxylic acids is 6. The van der Waals surface area contributed by atoms with Crippen molar-refractivity contribution in [3.63, 3.8) is 0 Å². The van der Waals surface area contributed by atoms with Crippen molar-refractivity contribution < 1.29 is 121 Å². The quantitative estimate of drug-likeness (QED) is 0.202. The van der Waals surface area contributed by atoms with Crippen molar-refractivity contribution in [2.75, 3.05) is 0 Å². The molecule has 0 aromatic heterocycles. The molecule has 2 N–H and O–H groups in total. The molecule has 0 aromatic rings. The minimum absolute atomic E-state index is 0. The van der Waals surface area contributed by atoms with Gasteiger partial charge in [-0.05, 0) is 0 Å². The molecule has 0 unspecified atom stereocenters. The summed E-state index contributed by atoms with van der Waals surface area (Å²) in [4.78, 5) is 60.0. The maximum absolute atomic E-state index is 10.1. The molecule has 0 aromatic carbocycles. The van der Waals surface area contributed by atoms with Gasteiger partial charge in [0.25, 0.3) is 0 Å². The van der Waals surface area contributed by atoms with Gasteiger partial charge < -0.3 is 69.6 Å². The second-order valence-electron chi connectivity index (χ2n) is 4.83. The minimum Gasteiger partial charge on any atom is -0.550 e. The normalized spacial score (nSPS) is 8.81. The number of carboxylic acids is 6. The Bertz CT molecular complexity index is 535. The Balaban J connectivity index is -0.0000000505. The van der Waals surface area contributed by atoms with Gasteiger partial charge in [0, 0.05) is 101 Å². The smallest absolute Gasteiger partial charge is 0.550 e. The van der Waals surface area contributed by atoms with E-state index in [1.165, 1.54) is 0 Å². The number of aliphatic carboxylic acids is 6. The van der Waals surface area contributed by atoms with E-state index in [9.17, 15) is 59.4 Å². The predicted molar refractivity (Wildman–Crippen MR) is 75.7 cm³/mol. The van der Waals surface area contributed by atoms with Crippen LogP contribution in [-0.4, -0.2) is 170 Å². The van der Waals surface area contributed by atoms with Gasteiger partial charge >= 0.3 is 113 Å². The molecule has 14 nitrogen and oxygen atoms in total. The second-order valence-corrected chi connectivity index (χ2v) is 4.83. The van der Waals surface area contributed by atoms with Crippen molar-refractivity contribution in [1.82, 2.24) is 0 Å². The van der Waals surface area contributed by atoms with Crippen LogP contribution in [0.25, 0.3) is 0 Å². The summed E-state index contributed by atoms with van der Waals surface area (Å²) >= 11 is 0. The standard InChI is InChI=1S/2C6H8O7.3Ca.3Cu/c2*7-3(8)1-6(13,5(11)12)2-4(9)10;;;;;;/h2*13H,1-2H2,(H,7,8)(H,9,10)(H,11,12);;;;;;/q;;3*+2;;;/p-6. The molecule has 0 rings (SSSR count). The number of carboxylic acid groups (broad SMARTS) is 6. The molecule has 20 heteroatoms. The predicted octanol–water partition coefficient (Wildman–Crippen LogP) is -11.7. The maximum atomic E-state index is 10.1. The molecule has 0 fully saturated rings. The number of aliphatic hydroxyl groups is 2. The molecule has 0 spiro atoms. The van der Waals surface area contributed by atoms with Gasteiger partial charge in [0.15, 0.2) is 0 Å². The van der Waals surface area contributed by atoms with Crippen LogP contribution in [0.3, 0.4) is 0 Å². The van der Waals surface area contributed by atoms with Crippen molar-refractivity contribution in [2.45, 2.75) is 36.9 Å². The van der Waals surface area contributed by atoms with Crippen LogP contribution in [0.5, 0.6) is 0 Å². The summed E-state index contributed by atoms with van der Waals surface area (Å²) in [6, 6.07) is 0. The van der Waals surface area contributed by atoms with E-state index >= 15 is 0 Å². The average Bonchev–Trinajstić information content (AvgIpc) is 2.34. The largest absolute Gasteiger partial charge is 2.00 e. The Kier molecular flexibility index (Phi) is 44.8. The fraction of sp³-hybridized carbons (Fsp3) is 0.500. The third kappa shape index (κ3) is 26.7. The van der Waals surface area contributed by atoms with Crippen LogP contribution in [0, 0.1) is 0 Å². The molecular formula is C12H10Ca3Cu3O14. The molecule has 0 bridgehead atoms. The molecule has 0 aliphatic heterocycles. The third-order valence-corrected chi connectivity index (χ3v) is 2.51. The summed E-state index contributed by atoms with van der Waals surface area (Å²) in [6.45, 7) is 0. The van der Waals surface area contributed by atoms with E-state index in [-0.39, 0.29) is 164 Å². The molecule has 0 amide bonds. The zero-order valence-corrected chi connectivity index (χ0v) is 25.1. The van der Waals surface area contributed by atoms with Gasteiger partial charge in [0.05, 0.1) is 11.9 Å². The number of hydrogen-bond donors (Lipinski definition) is 2. The molecule has 0 atom stereocenters. The Morgan fingerprint density at radius 2 is 0.594 bits per heavy atom. The molecule has 181 valence electrons. The molecule has 0 aliphatic rings. The Labute approximate surface area is 301 Å². The van der Waals surface area contributed by atoms with Crippen LogP contribution in [0.4, 0.5) is 0 Å². The van der Waals surface area contributed by atoms with Gasteiger partial charge in [-0.2, -0.15) is 0 Å². The molecule has 32 heavy (non-hydrogen) atoms. The fourth-order valence-electron chi connectivity index (χ4n) is 1.37. The van der Waals surface area contributed by atoms with E-state index in [0.717, 1.165) is 0 Å². The first-order valence-corrected chi connectivity index (χ1v) is 6.23. The van der Waals surface area contributed by atoms with Crippen molar-refractivity contribution >= 4 is 149 Å². The topological polar surface area (TPSA) is 281 Å². The molecular weight excluding hydrogens is 679 g/mol. The maximum Gasteiger partial charge on any atom is 2.00 e. The Morgan fingerprint density at radius 3 is 0.656 bits per heavy atom. The first-order chi connectivity index (χ1) is 11.6. The monoisotopic (exact) mass is 687 g/mol. The summed E-state index contributed by atoms with van der Waals surface area (Å²) in [7, 11) is 0. The summed E-state index contributed by atoms with van der Waals surface area (Å²) in [5, 5.41) is 77.9. The van der Waals surface area contributed by atoms with E-state index < -0.39 is 72.7 Å². The van der Waals surface area contributed by atoms with Crippen molar-refractivity contribution in [2.24, 2.45) is 0 Å². The summed E-state index contributed by atoms with van der Waals surface area (Å²) in [5.74, 6) is -12.0. The van der Waals surface area contributed by atoms with Gasteiger partial charge in [-0.3, -0.25) is 0 Å². The second kappa shape index (κ2) is 26.1. The van der Waals surface area contributed by atoms with Gasteiger partial charge in [-0.15, -0.1) is 0 Å². The van der Waals surface area contributed by atoms with E-state index in [1.807, 2.05) is 0 Å². The van der Waals surface area contributed by atoms with E-state index in [2.05, 4.69) is 0 Å². The van der Waals surface area contributed by atoms with E-state index in [0.29, 0.717) is 0 Å². The van der Waals surface area contributed by atoms with Gasteiger partial charge in [-0.1, -0.05) is 0 Å². The van der Waals surface area contributed by atoms with Crippen LogP contribution in [0.15, 0.2) is 0 Å². The van der Waals surface area contributed by atoms with Gasteiger partial charge in [0.2, 0.25) is 0 Å². The van der Waals surface area contributed by atoms with Crippen molar-refractivity contribution in [3.05, 3.63) is 0 Å². The molecule has 0 aliphatic carbocycles. The third-order valence-electron chi connectivity index (χ3n) is 2.51. The Hall–Kier alpha value is 2.08. The molecule has 0 saturated carbocycles. The van der Waals surface area contributed by atoms with Crippen LogP contribution < -0.4 is 30.6 Å². The van der Waals surface area contributed by atoms with Crippen LogP contribution in [0.2, 0.25) is 0 Å². The van der Waals surface area contributed by atoms with E-state index in [4.69, 9.17) is 10.2 Å². The Morgan fingerprint density at radius 1 is 0.469 bits per heavy atom. The minimum atomic E-state index is -2.97. The van der Waals surface area contributed by atoms with Crippen LogP contribution >= 0.6 is 0 Å². The van der Waals surface area contributed by atoms with Crippen LogP contribution in [-0.2, 0) is 80.0 Å². The van der Waals surface area contributed by atoms with Gasteiger partial charge in [0.1, 0.15) is 11.2 Å². The summed E-state index contributed by atoms with van der Waals surface area (Å²) < 4.78 is 0. The van der Waals surface area contributed by atoms with E-state index in [1.54, 1.807) is 0 Å². The molecule has 3 radical (unpaired) electrons.